The Kier molecular flexibility index (Phi) is 4.09. The van der Waals surface area contributed by atoms with E-state index >= 15 is 0 Å². The molecule has 1 N–H and O–H groups in total. The first-order valence-electron chi connectivity index (χ1n) is 5.31. The average molecular weight is 351 g/mol. The van der Waals surface area contributed by atoms with E-state index in [-0.39, 0.29) is 5.91 Å². The van der Waals surface area contributed by atoms with E-state index in [1.54, 1.807) is 36.4 Å². The summed E-state index contributed by atoms with van der Waals surface area (Å²) in [5.74, 6) is -0.184. The van der Waals surface area contributed by atoms with Crippen LogP contribution in [0.4, 0.5) is 5.69 Å². The van der Waals surface area contributed by atoms with Crippen LogP contribution in [0.3, 0.4) is 0 Å². The molecule has 0 unspecified atom stereocenters. The van der Waals surface area contributed by atoms with Gasteiger partial charge in [-0.1, -0.05) is 18.2 Å². The second kappa shape index (κ2) is 5.77. The number of rotatable bonds is 3. The maximum absolute atomic E-state index is 12.0. The van der Waals surface area contributed by atoms with Crippen LogP contribution in [0.25, 0.3) is 0 Å². The van der Waals surface area contributed by atoms with Crippen LogP contribution in [0.5, 0.6) is 0 Å². The Morgan fingerprint density at radius 1 is 1.11 bits per heavy atom. The van der Waals surface area contributed by atoms with Crippen molar-refractivity contribution in [3.8, 4) is 0 Å². The molecule has 3 nitrogen and oxygen atoms in total. The van der Waals surface area contributed by atoms with E-state index in [2.05, 4.69) is 27.9 Å². The number of carbonyl (C=O) groups is 2. The predicted octanol–water partition coefficient (Wildman–Crippen LogP) is 3.36. The number of halogens is 1. The molecule has 2 aromatic carbocycles. The third-order valence-electron chi connectivity index (χ3n) is 2.37. The normalized spacial score (nSPS) is 9.83. The highest BCUT2D eigenvalue weighted by Gasteiger charge is 2.06. The van der Waals surface area contributed by atoms with Gasteiger partial charge in [0.05, 0.1) is 0 Å². The second-order valence-electron chi connectivity index (χ2n) is 3.71. The van der Waals surface area contributed by atoms with Gasteiger partial charge in [0.1, 0.15) is 6.29 Å². The number of hydrogen-bond acceptors (Lipinski definition) is 2. The fraction of sp³-hybridized carbons (Fsp3) is 0. The summed E-state index contributed by atoms with van der Waals surface area (Å²) >= 11 is 2.15. The van der Waals surface area contributed by atoms with Gasteiger partial charge in [-0.25, -0.2) is 0 Å². The van der Waals surface area contributed by atoms with Crippen molar-refractivity contribution < 1.29 is 9.59 Å². The molecule has 4 heteroatoms. The van der Waals surface area contributed by atoms with Crippen LogP contribution in [-0.2, 0) is 0 Å². The van der Waals surface area contributed by atoms with Gasteiger partial charge in [0, 0.05) is 20.4 Å². The summed E-state index contributed by atoms with van der Waals surface area (Å²) in [7, 11) is 0. The highest BCUT2D eigenvalue weighted by atomic mass is 127. The maximum atomic E-state index is 12.0. The highest BCUT2D eigenvalue weighted by Crippen LogP contribution is 2.13. The Bertz CT molecular complexity index is 596. The smallest absolute Gasteiger partial charge is 0.255 e. The number of hydrogen-bond donors (Lipinski definition) is 1. The van der Waals surface area contributed by atoms with Crippen molar-refractivity contribution in [1.29, 1.82) is 0 Å². The van der Waals surface area contributed by atoms with Crippen molar-refractivity contribution in [3.05, 3.63) is 63.2 Å². The monoisotopic (exact) mass is 351 g/mol. The second-order valence-corrected chi connectivity index (χ2v) is 4.95. The molecule has 0 spiro atoms. The molecule has 0 aliphatic carbocycles. The van der Waals surface area contributed by atoms with Crippen molar-refractivity contribution >= 4 is 40.5 Å². The van der Waals surface area contributed by atoms with Gasteiger partial charge in [0.25, 0.3) is 5.91 Å². The first-order valence-corrected chi connectivity index (χ1v) is 6.39. The van der Waals surface area contributed by atoms with E-state index in [0.29, 0.717) is 16.8 Å². The Labute approximate surface area is 118 Å². The van der Waals surface area contributed by atoms with Crippen LogP contribution >= 0.6 is 22.6 Å². The molecule has 0 bridgehead atoms. The minimum absolute atomic E-state index is 0.184. The van der Waals surface area contributed by atoms with Gasteiger partial charge in [-0.05, 0) is 52.9 Å². The van der Waals surface area contributed by atoms with Crippen LogP contribution in [0.1, 0.15) is 20.7 Å². The number of anilines is 1. The van der Waals surface area contributed by atoms with E-state index in [1.807, 2.05) is 12.1 Å². The topological polar surface area (TPSA) is 46.2 Å². The van der Waals surface area contributed by atoms with Gasteiger partial charge < -0.3 is 5.32 Å². The molecule has 0 aliphatic heterocycles. The molecule has 0 heterocycles. The van der Waals surface area contributed by atoms with Gasteiger partial charge in [-0.15, -0.1) is 0 Å². The standard InChI is InChI=1S/C14H10INO2/c15-12-5-2-4-11(8-12)14(18)16-13-6-1-3-10(7-13)9-17/h1-9H,(H,16,18). The van der Waals surface area contributed by atoms with Crippen LogP contribution in [0.15, 0.2) is 48.5 Å². The summed E-state index contributed by atoms with van der Waals surface area (Å²) in [4.78, 5) is 22.6. The zero-order chi connectivity index (χ0) is 13.0. The molecule has 0 fully saturated rings. The van der Waals surface area contributed by atoms with E-state index in [4.69, 9.17) is 0 Å². The third-order valence-corrected chi connectivity index (χ3v) is 3.04. The van der Waals surface area contributed by atoms with Gasteiger partial charge in [-0.3, -0.25) is 9.59 Å². The van der Waals surface area contributed by atoms with Crippen molar-refractivity contribution in [2.75, 3.05) is 5.32 Å². The molecule has 2 aromatic rings. The van der Waals surface area contributed by atoms with Gasteiger partial charge in [-0.2, -0.15) is 0 Å². The Morgan fingerprint density at radius 2 is 1.89 bits per heavy atom. The molecule has 0 aromatic heterocycles. The van der Waals surface area contributed by atoms with Gasteiger partial charge in [0.15, 0.2) is 0 Å². The Hall–Kier alpha value is -1.69. The zero-order valence-electron chi connectivity index (χ0n) is 9.39. The van der Waals surface area contributed by atoms with E-state index in [1.165, 1.54) is 0 Å². The van der Waals surface area contributed by atoms with Gasteiger partial charge >= 0.3 is 0 Å². The lowest BCUT2D eigenvalue weighted by molar-refractivity contribution is 0.102. The zero-order valence-corrected chi connectivity index (χ0v) is 11.5. The fourth-order valence-corrected chi connectivity index (χ4v) is 2.07. The molecule has 90 valence electrons. The van der Waals surface area contributed by atoms with Gasteiger partial charge in [0.2, 0.25) is 0 Å². The number of nitrogens with one attached hydrogen (secondary N) is 1. The fourth-order valence-electron chi connectivity index (χ4n) is 1.52. The Morgan fingerprint density at radius 3 is 2.61 bits per heavy atom. The summed E-state index contributed by atoms with van der Waals surface area (Å²) in [6.45, 7) is 0. The Balaban J connectivity index is 2.18. The van der Waals surface area contributed by atoms with Crippen molar-refractivity contribution in [2.24, 2.45) is 0 Å². The summed E-state index contributed by atoms with van der Waals surface area (Å²) in [5.41, 5.74) is 1.75. The molecule has 1 amide bonds. The van der Waals surface area contributed by atoms with Crippen LogP contribution in [0.2, 0.25) is 0 Å². The van der Waals surface area contributed by atoms with E-state index < -0.39 is 0 Å². The first kappa shape index (κ1) is 12.8. The number of amides is 1. The molecule has 18 heavy (non-hydrogen) atoms. The molecule has 0 aliphatic rings. The lowest BCUT2D eigenvalue weighted by Crippen LogP contribution is -2.12. The summed E-state index contributed by atoms with van der Waals surface area (Å²) in [6, 6.07) is 14.1. The molecular formula is C14H10INO2. The lowest BCUT2D eigenvalue weighted by atomic mass is 10.2. The van der Waals surface area contributed by atoms with E-state index in [0.717, 1.165) is 9.86 Å². The highest BCUT2D eigenvalue weighted by molar-refractivity contribution is 14.1. The molecule has 0 saturated heterocycles. The molecular weight excluding hydrogens is 341 g/mol. The number of aldehydes is 1. The molecule has 0 saturated carbocycles. The minimum atomic E-state index is -0.184. The molecule has 0 radical (unpaired) electrons. The first-order chi connectivity index (χ1) is 8.69. The van der Waals surface area contributed by atoms with Crippen molar-refractivity contribution in [1.82, 2.24) is 0 Å². The average Bonchev–Trinajstić information content (AvgIpc) is 2.39. The lowest BCUT2D eigenvalue weighted by Gasteiger charge is -2.05. The minimum Gasteiger partial charge on any atom is -0.322 e. The van der Waals surface area contributed by atoms with Crippen LogP contribution in [-0.4, -0.2) is 12.2 Å². The predicted molar refractivity (Wildman–Crippen MR) is 78.9 cm³/mol. The van der Waals surface area contributed by atoms with E-state index in [9.17, 15) is 9.59 Å². The SMILES string of the molecule is O=Cc1cccc(NC(=O)c2cccc(I)c2)c1. The number of benzene rings is 2. The maximum Gasteiger partial charge on any atom is 0.255 e. The largest absolute Gasteiger partial charge is 0.322 e. The van der Waals surface area contributed by atoms with Crippen LogP contribution in [0, 0.1) is 3.57 Å². The van der Waals surface area contributed by atoms with Crippen molar-refractivity contribution in [2.45, 2.75) is 0 Å². The number of carbonyl (C=O) groups excluding carboxylic acids is 2. The molecule has 0 atom stereocenters. The van der Waals surface area contributed by atoms with Crippen LogP contribution < -0.4 is 5.32 Å². The molecule has 2 rings (SSSR count). The summed E-state index contributed by atoms with van der Waals surface area (Å²) in [6.07, 6.45) is 0.751. The van der Waals surface area contributed by atoms with Crippen molar-refractivity contribution in [3.63, 3.8) is 0 Å². The summed E-state index contributed by atoms with van der Waals surface area (Å²) in [5, 5.41) is 2.76. The summed E-state index contributed by atoms with van der Waals surface area (Å²) < 4.78 is 1.00. The third kappa shape index (κ3) is 3.16. The quantitative estimate of drug-likeness (QED) is 0.681.